The van der Waals surface area contributed by atoms with Crippen molar-refractivity contribution in [3.05, 3.63) is 46.8 Å². The van der Waals surface area contributed by atoms with Crippen LogP contribution in [0.5, 0.6) is 6.01 Å². The third kappa shape index (κ3) is 4.86. The van der Waals surface area contributed by atoms with Crippen molar-refractivity contribution >= 4 is 48.8 Å². The highest BCUT2D eigenvalue weighted by atomic mass is 32.1. The average molecular weight is 674 g/mol. The van der Waals surface area contributed by atoms with E-state index in [1.165, 1.54) is 0 Å². The van der Waals surface area contributed by atoms with E-state index in [9.17, 15) is 22.0 Å². The van der Waals surface area contributed by atoms with Crippen LogP contribution < -0.4 is 20.7 Å². The Labute approximate surface area is 269 Å². The summed E-state index contributed by atoms with van der Waals surface area (Å²) in [5.74, 6) is -1.98. The third-order valence-corrected chi connectivity index (χ3v) is 11.1. The van der Waals surface area contributed by atoms with E-state index >= 15 is 4.39 Å². The number of aromatic nitrogens is 2. The summed E-state index contributed by atoms with van der Waals surface area (Å²) in [7, 11) is 0. The molecule has 4 saturated heterocycles. The summed E-state index contributed by atoms with van der Waals surface area (Å²) in [6.07, 6.45) is -2.44. The Bertz CT molecular complexity index is 1970. The highest BCUT2D eigenvalue weighted by Crippen LogP contribution is 2.51. The van der Waals surface area contributed by atoms with Gasteiger partial charge in [0.05, 0.1) is 27.4 Å². The van der Waals surface area contributed by atoms with Gasteiger partial charge in [-0.1, -0.05) is 6.07 Å². The zero-order valence-corrected chi connectivity index (χ0v) is 25.7. The Morgan fingerprint density at radius 3 is 2.64 bits per heavy atom. The van der Waals surface area contributed by atoms with Crippen LogP contribution in [0.15, 0.2) is 18.2 Å². The summed E-state index contributed by atoms with van der Waals surface area (Å²) in [4.78, 5) is 16.2. The lowest BCUT2D eigenvalue weighted by Crippen LogP contribution is -2.51. The Morgan fingerprint density at radius 2 is 1.91 bits per heavy atom. The number of fused-ring (bicyclic) bond motifs is 5. The van der Waals surface area contributed by atoms with E-state index in [4.69, 9.17) is 17.0 Å². The monoisotopic (exact) mass is 673 g/mol. The predicted octanol–water partition coefficient (Wildman–Crippen LogP) is 6.84. The number of piperazine rings is 1. The largest absolute Gasteiger partial charge is 0.461 e. The molecule has 0 saturated carbocycles. The minimum absolute atomic E-state index is 0.0431. The molecule has 2 unspecified atom stereocenters. The Balaban J connectivity index is 1.34. The van der Waals surface area contributed by atoms with Gasteiger partial charge in [-0.2, -0.15) is 23.1 Å². The number of anilines is 2. The van der Waals surface area contributed by atoms with E-state index < -0.39 is 46.2 Å². The van der Waals surface area contributed by atoms with Crippen LogP contribution in [0.25, 0.3) is 37.0 Å². The highest BCUT2D eigenvalue weighted by molar-refractivity contribution is 7.23. The van der Waals surface area contributed by atoms with Crippen molar-refractivity contribution in [2.45, 2.75) is 62.1 Å². The van der Waals surface area contributed by atoms with Crippen LogP contribution in [0, 0.1) is 18.2 Å². The van der Waals surface area contributed by atoms with Crippen molar-refractivity contribution in [3.8, 4) is 17.1 Å². The van der Waals surface area contributed by atoms with E-state index in [1.807, 2.05) is 9.80 Å². The molecular formula is C32H29F6N7OS. The normalized spacial score (nSPS) is 26.0. The summed E-state index contributed by atoms with van der Waals surface area (Å²) >= 11 is 0.714. The molecule has 8 nitrogen and oxygen atoms in total. The topological polar surface area (TPSA) is 83.9 Å². The Morgan fingerprint density at radius 1 is 1.15 bits per heavy atom. The van der Waals surface area contributed by atoms with Gasteiger partial charge in [-0.15, -0.1) is 11.3 Å². The van der Waals surface area contributed by atoms with E-state index in [2.05, 4.69) is 20.1 Å². The fraction of sp³-hybridized carbons (Fsp3) is 0.469. The number of hydrogen-bond donors (Lipinski definition) is 2. The summed E-state index contributed by atoms with van der Waals surface area (Å²) in [6.45, 7) is 9.54. The minimum Gasteiger partial charge on any atom is -0.461 e. The predicted molar refractivity (Wildman–Crippen MR) is 167 cm³/mol. The molecule has 4 fully saturated rings. The van der Waals surface area contributed by atoms with Gasteiger partial charge >= 0.3 is 12.2 Å². The minimum atomic E-state index is -5.05. The lowest BCUT2D eigenvalue weighted by Gasteiger charge is -2.35. The van der Waals surface area contributed by atoms with Crippen molar-refractivity contribution in [2.75, 3.05) is 43.4 Å². The SMILES string of the molecule is [C-]#[N+]c1c(N)sc2c(F)ccc(-c3c(C(F)(F)F)cc4c(N5CC6CCC(C5)N6)nc(OC[C@@]56CCCN5C[C@H](F)C6)nc4c3F)c12. The van der Waals surface area contributed by atoms with Gasteiger partial charge in [0.15, 0.2) is 5.82 Å². The van der Waals surface area contributed by atoms with Gasteiger partial charge in [0, 0.05) is 54.5 Å². The molecular weight excluding hydrogens is 644 g/mol. The van der Waals surface area contributed by atoms with Crippen LogP contribution in [0.2, 0.25) is 0 Å². The van der Waals surface area contributed by atoms with Gasteiger partial charge in [-0.3, -0.25) is 4.90 Å². The number of thiophene rings is 1. The Kier molecular flexibility index (Phi) is 7.02. The molecule has 0 amide bonds. The lowest BCUT2D eigenvalue weighted by atomic mass is 9.93. The molecule has 6 heterocycles. The Hall–Kier alpha value is -3.87. The summed E-state index contributed by atoms with van der Waals surface area (Å²) < 4.78 is 97.0. The van der Waals surface area contributed by atoms with Crippen molar-refractivity contribution in [3.63, 3.8) is 0 Å². The number of ether oxygens (including phenoxy) is 1. The average Bonchev–Trinajstić information content (AvgIpc) is 3.76. The second-order valence-corrected chi connectivity index (χ2v) is 14.0. The molecule has 0 radical (unpaired) electrons. The molecule has 2 aromatic heterocycles. The molecule has 4 aliphatic heterocycles. The van der Waals surface area contributed by atoms with Crippen molar-refractivity contribution < 1.29 is 31.1 Å². The maximum absolute atomic E-state index is 17.0. The number of hydrogen-bond acceptors (Lipinski definition) is 8. The fourth-order valence-corrected chi connectivity index (χ4v) is 9.03. The van der Waals surface area contributed by atoms with Crippen LogP contribution in [-0.4, -0.2) is 71.4 Å². The number of nitrogen functional groups attached to an aromatic ring is 1. The second-order valence-electron chi connectivity index (χ2n) is 13.0. The number of rotatable bonds is 5. The molecule has 47 heavy (non-hydrogen) atoms. The lowest BCUT2D eigenvalue weighted by molar-refractivity contribution is -0.137. The van der Waals surface area contributed by atoms with Crippen LogP contribution in [0.1, 0.15) is 37.7 Å². The van der Waals surface area contributed by atoms with Gasteiger partial charge in [0.1, 0.15) is 29.9 Å². The quantitative estimate of drug-likeness (QED) is 0.177. The summed E-state index contributed by atoms with van der Waals surface area (Å²) in [5, 5.41) is 3.05. The summed E-state index contributed by atoms with van der Waals surface area (Å²) in [6, 6.07) is 2.76. The van der Waals surface area contributed by atoms with Crippen LogP contribution in [0.3, 0.4) is 0 Å². The molecule has 0 spiro atoms. The molecule has 4 atom stereocenters. The standard InChI is InChI=1S/C32H29F6N7OS/c1-40-26-23-18(5-6-21(34)27(23)47-28(26)39)22-20(32(36,37)38)9-19-25(24(22)35)42-30(43-29(19)44-12-16-3-4-17(13-44)41-16)46-14-31-7-2-8-45(31)11-15(33)10-31/h5-6,9,15-17,41H,2-4,7-8,10-14,39H2/t15-,16?,17?,31+/m1/s1. The van der Waals surface area contributed by atoms with Crippen molar-refractivity contribution in [1.82, 2.24) is 20.2 Å². The number of nitrogens with one attached hydrogen (secondary N) is 1. The fourth-order valence-electron chi connectivity index (χ4n) is 8.09. The number of halogens is 6. The smallest absolute Gasteiger partial charge is 0.417 e. The van der Waals surface area contributed by atoms with E-state index in [1.54, 1.807) is 0 Å². The van der Waals surface area contributed by atoms with E-state index in [0.717, 1.165) is 44.0 Å². The zero-order chi connectivity index (χ0) is 32.8. The summed E-state index contributed by atoms with van der Waals surface area (Å²) in [5.41, 5.74) is 2.23. The van der Waals surface area contributed by atoms with Gasteiger partial charge in [-0.25, -0.2) is 18.0 Å². The van der Waals surface area contributed by atoms with Crippen molar-refractivity contribution in [1.29, 1.82) is 0 Å². The molecule has 2 aromatic carbocycles. The zero-order valence-electron chi connectivity index (χ0n) is 24.9. The number of benzene rings is 2. The third-order valence-electron chi connectivity index (χ3n) is 10.1. The maximum atomic E-state index is 17.0. The molecule has 2 bridgehead atoms. The molecule has 246 valence electrons. The van der Waals surface area contributed by atoms with Crippen molar-refractivity contribution in [2.24, 2.45) is 0 Å². The van der Waals surface area contributed by atoms with Gasteiger partial charge in [0.25, 0.3) is 0 Å². The van der Waals surface area contributed by atoms with Crippen LogP contribution >= 0.6 is 11.3 Å². The maximum Gasteiger partial charge on any atom is 0.417 e. The molecule has 3 N–H and O–H groups in total. The van der Waals surface area contributed by atoms with E-state index in [0.29, 0.717) is 37.4 Å². The first-order valence-electron chi connectivity index (χ1n) is 15.5. The molecule has 4 aliphatic rings. The second kappa shape index (κ2) is 10.8. The molecule has 15 heteroatoms. The van der Waals surface area contributed by atoms with Crippen LogP contribution in [-0.2, 0) is 6.18 Å². The number of alkyl halides is 4. The van der Waals surface area contributed by atoms with Crippen LogP contribution in [0.4, 0.5) is 42.8 Å². The van der Waals surface area contributed by atoms with Gasteiger partial charge < -0.3 is 20.7 Å². The first-order valence-corrected chi connectivity index (χ1v) is 16.3. The molecule has 8 rings (SSSR count). The van der Waals surface area contributed by atoms with Gasteiger partial charge in [-0.05, 0) is 49.9 Å². The first kappa shape index (κ1) is 30.5. The number of nitrogens with zero attached hydrogens (tertiary/aromatic N) is 5. The van der Waals surface area contributed by atoms with Gasteiger partial charge in [0.2, 0.25) is 5.69 Å². The number of nitrogens with two attached hydrogens (primary N) is 1. The molecule has 0 aliphatic carbocycles. The first-order chi connectivity index (χ1) is 22.5. The van der Waals surface area contributed by atoms with E-state index in [-0.39, 0.29) is 68.7 Å². The highest BCUT2D eigenvalue weighted by Gasteiger charge is 2.49. The molecule has 4 aromatic rings.